The standard InChI is InChI=1S/C6H7O4P.C6H10O3/c7-11(8,9)10-6-4-2-1-3-5-6;1-5(2)6(8)9-4-3-7/h1-5H,(H2,7,8,9);7H,1,3-4H2,2H3. The maximum atomic E-state index is 10.5. The van der Waals surface area contributed by atoms with Gasteiger partial charge >= 0.3 is 13.8 Å². The van der Waals surface area contributed by atoms with Crippen molar-refractivity contribution in [3.05, 3.63) is 42.5 Å². The first-order valence-electron chi connectivity index (χ1n) is 5.50. The molecule has 1 rings (SSSR count). The largest absolute Gasteiger partial charge is 0.524 e. The number of phosphoric ester groups is 1. The summed E-state index contributed by atoms with van der Waals surface area (Å²) >= 11 is 0. The van der Waals surface area contributed by atoms with Crippen molar-refractivity contribution in [2.24, 2.45) is 0 Å². The van der Waals surface area contributed by atoms with E-state index in [0.717, 1.165) is 0 Å². The molecule has 0 radical (unpaired) electrons. The normalized spacial score (nSPS) is 10.0. The highest BCUT2D eigenvalue weighted by atomic mass is 31.2. The summed E-state index contributed by atoms with van der Waals surface area (Å²) in [7, 11) is -4.39. The molecule has 0 aromatic heterocycles. The fourth-order valence-electron chi connectivity index (χ4n) is 0.880. The van der Waals surface area contributed by atoms with Crippen LogP contribution in [0, 0.1) is 0 Å². The molecule has 0 spiro atoms. The molecule has 0 saturated heterocycles. The van der Waals surface area contributed by atoms with Gasteiger partial charge in [-0.3, -0.25) is 9.79 Å². The first-order chi connectivity index (χ1) is 9.26. The first-order valence-corrected chi connectivity index (χ1v) is 7.03. The number of hydrogen-bond acceptors (Lipinski definition) is 5. The number of rotatable bonds is 5. The summed E-state index contributed by atoms with van der Waals surface area (Å²) in [5.74, 6) is -0.287. The van der Waals surface area contributed by atoms with Gasteiger partial charge in [0.2, 0.25) is 0 Å². The SMILES string of the molecule is C=C(C)C(=O)OCCO.O=P(O)(O)Oc1ccccc1. The summed E-state index contributed by atoms with van der Waals surface area (Å²) < 4.78 is 19.0. The Morgan fingerprint density at radius 2 is 1.85 bits per heavy atom. The molecule has 0 atom stereocenters. The highest BCUT2D eigenvalue weighted by Gasteiger charge is 2.14. The van der Waals surface area contributed by atoms with E-state index in [2.05, 4.69) is 15.8 Å². The van der Waals surface area contributed by atoms with Crippen LogP contribution in [0.4, 0.5) is 0 Å². The van der Waals surface area contributed by atoms with Crippen molar-refractivity contribution in [1.29, 1.82) is 0 Å². The molecule has 0 saturated carbocycles. The van der Waals surface area contributed by atoms with Gasteiger partial charge in [0.15, 0.2) is 0 Å². The van der Waals surface area contributed by atoms with Crippen LogP contribution in [0.2, 0.25) is 0 Å². The van der Waals surface area contributed by atoms with Gasteiger partial charge in [-0.2, -0.15) is 0 Å². The average molecular weight is 304 g/mol. The van der Waals surface area contributed by atoms with Crippen molar-refractivity contribution in [1.82, 2.24) is 0 Å². The third kappa shape index (κ3) is 10.3. The van der Waals surface area contributed by atoms with Crippen LogP contribution in [-0.4, -0.2) is 34.1 Å². The molecule has 0 amide bonds. The Balaban J connectivity index is 0.000000370. The quantitative estimate of drug-likeness (QED) is 0.426. The predicted octanol–water partition coefficient (Wildman–Crippen LogP) is 1.26. The molecule has 0 heterocycles. The second-order valence-corrected chi connectivity index (χ2v) is 4.70. The molecular formula is C12H17O7P. The Hall–Kier alpha value is -1.66. The van der Waals surface area contributed by atoms with Gasteiger partial charge in [-0.15, -0.1) is 0 Å². The minimum absolute atomic E-state index is 0.0473. The van der Waals surface area contributed by atoms with E-state index >= 15 is 0 Å². The van der Waals surface area contributed by atoms with Crippen LogP contribution in [0.5, 0.6) is 5.75 Å². The molecule has 0 bridgehead atoms. The van der Waals surface area contributed by atoms with E-state index in [1.807, 2.05) is 0 Å². The number of phosphoric acid groups is 1. The van der Waals surface area contributed by atoms with Crippen molar-refractivity contribution in [3.8, 4) is 5.75 Å². The van der Waals surface area contributed by atoms with Gasteiger partial charge in [0.1, 0.15) is 12.4 Å². The first kappa shape index (κ1) is 18.3. The van der Waals surface area contributed by atoms with E-state index in [4.69, 9.17) is 14.9 Å². The maximum Gasteiger partial charge on any atom is 0.524 e. The summed E-state index contributed by atoms with van der Waals surface area (Å²) in [6, 6.07) is 7.93. The van der Waals surface area contributed by atoms with E-state index in [-0.39, 0.29) is 19.0 Å². The number of hydrogen-bond donors (Lipinski definition) is 3. The molecule has 112 valence electrons. The lowest BCUT2D eigenvalue weighted by molar-refractivity contribution is -0.139. The van der Waals surface area contributed by atoms with Gasteiger partial charge in [-0.05, 0) is 19.1 Å². The van der Waals surface area contributed by atoms with E-state index in [0.29, 0.717) is 5.57 Å². The Morgan fingerprint density at radius 1 is 1.30 bits per heavy atom. The second kappa shape index (κ2) is 9.28. The van der Waals surface area contributed by atoms with Crippen LogP contribution in [0.1, 0.15) is 6.92 Å². The summed E-state index contributed by atoms with van der Waals surface area (Å²) in [6.45, 7) is 4.81. The number of carbonyl (C=O) groups excluding carboxylic acids is 1. The Kier molecular flexibility index (Phi) is 8.51. The summed E-state index contributed by atoms with van der Waals surface area (Å²) in [5.41, 5.74) is 0.350. The van der Waals surface area contributed by atoms with Crippen molar-refractivity contribution in [2.45, 2.75) is 6.92 Å². The number of carbonyl (C=O) groups is 1. The summed E-state index contributed by atoms with van der Waals surface area (Å²) in [4.78, 5) is 27.2. The molecule has 1 aromatic carbocycles. The highest BCUT2D eigenvalue weighted by molar-refractivity contribution is 7.46. The monoisotopic (exact) mass is 304 g/mol. The minimum atomic E-state index is -4.39. The number of esters is 1. The van der Waals surface area contributed by atoms with Crippen LogP contribution in [-0.2, 0) is 14.1 Å². The number of para-hydroxylation sites is 1. The number of aliphatic hydroxyl groups is 1. The van der Waals surface area contributed by atoms with Crippen molar-refractivity contribution < 1.29 is 33.5 Å². The number of aliphatic hydroxyl groups excluding tert-OH is 1. The van der Waals surface area contributed by atoms with Crippen molar-refractivity contribution >= 4 is 13.8 Å². The topological polar surface area (TPSA) is 113 Å². The lowest BCUT2D eigenvalue weighted by atomic mass is 10.3. The van der Waals surface area contributed by atoms with Gasteiger partial charge < -0.3 is 14.4 Å². The Bertz CT molecular complexity index is 466. The molecule has 20 heavy (non-hydrogen) atoms. The van der Waals surface area contributed by atoms with Gasteiger partial charge in [0.25, 0.3) is 0 Å². The second-order valence-electron chi connectivity index (χ2n) is 3.53. The van der Waals surface area contributed by atoms with Crippen molar-refractivity contribution in [2.75, 3.05) is 13.2 Å². The van der Waals surface area contributed by atoms with E-state index in [1.54, 1.807) is 25.1 Å². The highest BCUT2D eigenvalue weighted by Crippen LogP contribution is 2.36. The van der Waals surface area contributed by atoms with Gasteiger partial charge in [-0.1, -0.05) is 24.8 Å². The molecule has 0 fully saturated rings. The zero-order valence-electron chi connectivity index (χ0n) is 10.9. The fraction of sp³-hybridized carbons (Fsp3) is 0.250. The molecule has 0 aliphatic rings. The molecule has 0 unspecified atom stereocenters. The van der Waals surface area contributed by atoms with Crippen molar-refractivity contribution in [3.63, 3.8) is 0 Å². The van der Waals surface area contributed by atoms with Crippen LogP contribution in [0.3, 0.4) is 0 Å². The number of benzene rings is 1. The van der Waals surface area contributed by atoms with Gasteiger partial charge in [0, 0.05) is 5.57 Å². The lowest BCUT2D eigenvalue weighted by Crippen LogP contribution is -2.08. The summed E-state index contributed by atoms with van der Waals surface area (Å²) in [6.07, 6.45) is 0. The smallest absolute Gasteiger partial charge is 0.460 e. The van der Waals surface area contributed by atoms with Crippen LogP contribution >= 0.6 is 7.82 Å². The zero-order valence-corrected chi connectivity index (χ0v) is 11.8. The molecule has 0 aliphatic heterocycles. The molecule has 0 aliphatic carbocycles. The summed E-state index contributed by atoms with van der Waals surface area (Å²) in [5, 5.41) is 8.19. The molecule has 7 nitrogen and oxygen atoms in total. The molecule has 3 N–H and O–H groups in total. The van der Waals surface area contributed by atoms with E-state index in [1.165, 1.54) is 12.1 Å². The fourth-order valence-corrected chi connectivity index (χ4v) is 1.28. The lowest BCUT2D eigenvalue weighted by Gasteiger charge is -2.04. The third-order valence-electron chi connectivity index (χ3n) is 1.64. The van der Waals surface area contributed by atoms with Crippen LogP contribution in [0.15, 0.2) is 42.5 Å². The third-order valence-corrected chi connectivity index (χ3v) is 2.09. The molecule has 8 heteroatoms. The average Bonchev–Trinajstić information content (AvgIpc) is 2.35. The molecule has 1 aromatic rings. The molecular weight excluding hydrogens is 287 g/mol. The van der Waals surface area contributed by atoms with Crippen LogP contribution < -0.4 is 4.52 Å². The Morgan fingerprint density at radius 3 is 2.25 bits per heavy atom. The van der Waals surface area contributed by atoms with E-state index in [9.17, 15) is 9.36 Å². The van der Waals surface area contributed by atoms with Crippen LogP contribution in [0.25, 0.3) is 0 Å². The van der Waals surface area contributed by atoms with Gasteiger partial charge in [0.05, 0.1) is 6.61 Å². The Labute approximate surface area is 116 Å². The van der Waals surface area contributed by atoms with E-state index < -0.39 is 13.8 Å². The zero-order chi connectivity index (χ0) is 15.6. The minimum Gasteiger partial charge on any atom is -0.460 e. The predicted molar refractivity (Wildman–Crippen MR) is 72.0 cm³/mol. The van der Waals surface area contributed by atoms with Gasteiger partial charge in [-0.25, -0.2) is 9.36 Å². The maximum absolute atomic E-state index is 10.5. The number of ether oxygens (including phenoxy) is 1.